The third-order valence-corrected chi connectivity index (χ3v) is 4.76. The first-order valence-corrected chi connectivity index (χ1v) is 9.55. The van der Waals surface area contributed by atoms with Gasteiger partial charge < -0.3 is 25.2 Å². The number of benzene rings is 1. The minimum absolute atomic E-state index is 0.231. The van der Waals surface area contributed by atoms with Crippen LogP contribution in [-0.4, -0.2) is 66.1 Å². The smallest absolute Gasteiger partial charge is 0.318 e. The molecule has 29 heavy (non-hydrogen) atoms. The highest BCUT2D eigenvalue weighted by atomic mass is 16.5. The van der Waals surface area contributed by atoms with E-state index in [1.54, 1.807) is 37.4 Å². The minimum atomic E-state index is -0.628. The van der Waals surface area contributed by atoms with Crippen LogP contribution < -0.4 is 20.3 Å². The second-order valence-electron chi connectivity index (χ2n) is 6.76. The number of carbonyl (C=O) groups is 2. The molecule has 9 heteroatoms. The van der Waals surface area contributed by atoms with Crippen LogP contribution >= 0.6 is 0 Å². The van der Waals surface area contributed by atoms with E-state index >= 15 is 0 Å². The molecule has 1 aromatic heterocycles. The fourth-order valence-electron chi connectivity index (χ4n) is 2.99. The molecular formula is C20H26N6O3. The van der Waals surface area contributed by atoms with Crippen molar-refractivity contribution in [1.29, 1.82) is 0 Å². The summed E-state index contributed by atoms with van der Waals surface area (Å²) in [5.74, 6) is 1.20. The number of methoxy groups -OCH3 is 1. The van der Waals surface area contributed by atoms with Gasteiger partial charge in [-0.2, -0.15) is 0 Å². The molecule has 1 saturated heterocycles. The Bertz CT molecular complexity index is 807. The predicted octanol–water partition coefficient (Wildman–Crippen LogP) is 1.02. The van der Waals surface area contributed by atoms with Crippen LogP contribution in [0.1, 0.15) is 12.5 Å². The molecule has 3 amide bonds. The summed E-state index contributed by atoms with van der Waals surface area (Å²) in [6, 6.07) is 8.35. The highest BCUT2D eigenvalue weighted by Crippen LogP contribution is 2.11. The maximum absolute atomic E-state index is 12.5. The summed E-state index contributed by atoms with van der Waals surface area (Å²) in [7, 11) is 1.61. The van der Waals surface area contributed by atoms with Gasteiger partial charge in [0.25, 0.3) is 0 Å². The molecule has 2 aromatic rings. The van der Waals surface area contributed by atoms with E-state index in [1.807, 2.05) is 29.2 Å². The lowest BCUT2D eigenvalue weighted by atomic mass is 10.2. The lowest BCUT2D eigenvalue weighted by Crippen LogP contribution is -2.55. The van der Waals surface area contributed by atoms with Gasteiger partial charge in [0.05, 0.1) is 7.11 Å². The Balaban J connectivity index is 1.42. The Morgan fingerprint density at radius 3 is 2.38 bits per heavy atom. The summed E-state index contributed by atoms with van der Waals surface area (Å²) in [4.78, 5) is 37.0. The topological polar surface area (TPSA) is 99.7 Å². The van der Waals surface area contributed by atoms with Gasteiger partial charge in [0.15, 0.2) is 0 Å². The molecule has 0 bridgehead atoms. The monoisotopic (exact) mass is 398 g/mol. The largest absolute Gasteiger partial charge is 0.497 e. The molecule has 1 fully saturated rings. The number of hydrogen-bond donors (Lipinski definition) is 2. The van der Waals surface area contributed by atoms with Crippen LogP contribution in [0, 0.1) is 0 Å². The number of amides is 3. The van der Waals surface area contributed by atoms with Crippen molar-refractivity contribution in [3.05, 3.63) is 48.3 Å². The van der Waals surface area contributed by atoms with Crippen molar-refractivity contribution >= 4 is 17.9 Å². The number of nitrogens with zero attached hydrogens (tertiary/aromatic N) is 4. The number of aromatic nitrogens is 2. The fraction of sp³-hybridized carbons (Fsp3) is 0.400. The van der Waals surface area contributed by atoms with E-state index in [1.165, 1.54) is 0 Å². The Kier molecular flexibility index (Phi) is 6.83. The molecule has 0 aliphatic carbocycles. The Hall–Kier alpha value is -3.36. The molecule has 1 aromatic carbocycles. The zero-order valence-electron chi connectivity index (χ0n) is 16.7. The van der Waals surface area contributed by atoms with Gasteiger partial charge in [-0.15, -0.1) is 0 Å². The number of nitrogens with one attached hydrogen (secondary N) is 2. The van der Waals surface area contributed by atoms with Gasteiger partial charge in [0.2, 0.25) is 11.9 Å². The highest BCUT2D eigenvalue weighted by Gasteiger charge is 2.24. The number of anilines is 1. The van der Waals surface area contributed by atoms with Crippen LogP contribution in [0.15, 0.2) is 42.7 Å². The van der Waals surface area contributed by atoms with Gasteiger partial charge >= 0.3 is 6.03 Å². The lowest BCUT2D eigenvalue weighted by molar-refractivity contribution is -0.122. The summed E-state index contributed by atoms with van der Waals surface area (Å²) in [5, 5.41) is 5.60. The highest BCUT2D eigenvalue weighted by molar-refractivity contribution is 5.86. The van der Waals surface area contributed by atoms with Crippen LogP contribution in [-0.2, 0) is 11.3 Å². The second-order valence-corrected chi connectivity index (χ2v) is 6.76. The normalized spacial score (nSPS) is 14.8. The van der Waals surface area contributed by atoms with Crippen LogP contribution in [0.3, 0.4) is 0 Å². The maximum atomic E-state index is 12.5. The number of carbonyl (C=O) groups excluding carboxylic acids is 2. The van der Waals surface area contributed by atoms with Gasteiger partial charge in [-0.1, -0.05) is 12.1 Å². The molecule has 154 valence electrons. The van der Waals surface area contributed by atoms with Gasteiger partial charge in [-0.25, -0.2) is 14.8 Å². The second kappa shape index (κ2) is 9.72. The standard InChI is InChI=1S/C20H26N6O3/c1-15(18(27)23-14-16-4-6-17(29-2)7-5-16)24-20(28)26-12-10-25(11-13-26)19-21-8-3-9-22-19/h3-9,15H,10-14H2,1-2H3,(H,23,27)(H,24,28)/t15-/m0/s1. The number of piperazine rings is 1. The molecule has 0 spiro atoms. The fourth-order valence-corrected chi connectivity index (χ4v) is 2.99. The summed E-state index contributed by atoms with van der Waals surface area (Å²) >= 11 is 0. The average molecular weight is 398 g/mol. The Labute approximate surface area is 170 Å². The molecule has 2 heterocycles. The quantitative estimate of drug-likeness (QED) is 0.754. The third-order valence-electron chi connectivity index (χ3n) is 4.76. The molecule has 1 atom stereocenters. The van der Waals surface area contributed by atoms with E-state index in [0.29, 0.717) is 38.7 Å². The minimum Gasteiger partial charge on any atom is -0.497 e. The molecule has 0 unspecified atom stereocenters. The van der Waals surface area contributed by atoms with Crippen LogP contribution in [0.25, 0.3) is 0 Å². The van der Waals surface area contributed by atoms with Gasteiger partial charge in [0.1, 0.15) is 11.8 Å². The predicted molar refractivity (Wildman–Crippen MR) is 109 cm³/mol. The number of hydrogen-bond acceptors (Lipinski definition) is 6. The van der Waals surface area contributed by atoms with E-state index in [0.717, 1.165) is 11.3 Å². The van der Waals surface area contributed by atoms with E-state index < -0.39 is 6.04 Å². The van der Waals surface area contributed by atoms with Gasteiger partial charge in [0, 0.05) is 45.1 Å². The number of rotatable bonds is 6. The van der Waals surface area contributed by atoms with E-state index in [2.05, 4.69) is 20.6 Å². The van der Waals surface area contributed by atoms with Gasteiger partial charge in [-0.05, 0) is 30.7 Å². The summed E-state index contributed by atoms with van der Waals surface area (Å²) in [6.07, 6.45) is 3.40. The van der Waals surface area contributed by atoms with Crippen molar-refractivity contribution in [2.24, 2.45) is 0 Å². The zero-order valence-corrected chi connectivity index (χ0v) is 16.7. The molecule has 3 rings (SSSR count). The molecular weight excluding hydrogens is 372 g/mol. The summed E-state index contributed by atoms with van der Waals surface area (Å²) < 4.78 is 5.12. The molecule has 2 N–H and O–H groups in total. The Morgan fingerprint density at radius 2 is 1.76 bits per heavy atom. The van der Waals surface area contributed by atoms with E-state index in [4.69, 9.17) is 4.74 Å². The van der Waals surface area contributed by atoms with Crippen molar-refractivity contribution in [1.82, 2.24) is 25.5 Å². The molecule has 1 aliphatic heterocycles. The van der Waals surface area contributed by atoms with E-state index in [-0.39, 0.29) is 11.9 Å². The lowest BCUT2D eigenvalue weighted by Gasteiger charge is -2.35. The molecule has 0 saturated carbocycles. The first kappa shape index (κ1) is 20.4. The average Bonchev–Trinajstić information content (AvgIpc) is 2.78. The zero-order chi connectivity index (χ0) is 20.6. The van der Waals surface area contributed by atoms with Crippen molar-refractivity contribution in [2.75, 3.05) is 38.2 Å². The first-order valence-electron chi connectivity index (χ1n) is 9.55. The molecule has 0 radical (unpaired) electrons. The first-order chi connectivity index (χ1) is 14.1. The van der Waals surface area contributed by atoms with Crippen molar-refractivity contribution in [3.8, 4) is 5.75 Å². The summed E-state index contributed by atoms with van der Waals surface area (Å²) in [5.41, 5.74) is 0.955. The summed E-state index contributed by atoms with van der Waals surface area (Å²) in [6.45, 7) is 4.45. The third kappa shape index (κ3) is 5.56. The van der Waals surface area contributed by atoms with Gasteiger partial charge in [-0.3, -0.25) is 4.79 Å². The Morgan fingerprint density at radius 1 is 1.10 bits per heavy atom. The van der Waals surface area contributed by atoms with Crippen molar-refractivity contribution in [3.63, 3.8) is 0 Å². The van der Waals surface area contributed by atoms with Crippen LogP contribution in [0.4, 0.5) is 10.7 Å². The van der Waals surface area contributed by atoms with Crippen LogP contribution in [0.5, 0.6) is 5.75 Å². The SMILES string of the molecule is COc1ccc(CNC(=O)[C@H](C)NC(=O)N2CCN(c3ncccn3)CC2)cc1. The number of urea groups is 1. The van der Waals surface area contributed by atoms with E-state index in [9.17, 15) is 9.59 Å². The van der Waals surface area contributed by atoms with Crippen molar-refractivity contribution < 1.29 is 14.3 Å². The number of ether oxygens (including phenoxy) is 1. The molecule has 9 nitrogen and oxygen atoms in total. The van der Waals surface area contributed by atoms with Crippen LogP contribution in [0.2, 0.25) is 0 Å². The molecule has 1 aliphatic rings. The maximum Gasteiger partial charge on any atom is 0.318 e. The van der Waals surface area contributed by atoms with Crippen molar-refractivity contribution in [2.45, 2.75) is 19.5 Å².